The molecule has 1 aliphatic heterocycles. The van der Waals surface area contributed by atoms with E-state index in [1.807, 2.05) is 37.5 Å². The highest BCUT2D eigenvalue weighted by molar-refractivity contribution is 7.00. The van der Waals surface area contributed by atoms with Gasteiger partial charge in [-0.3, -0.25) is 9.36 Å². The average molecular weight is 810 g/mol. The highest BCUT2D eigenvalue weighted by atomic mass is 28.4. The second-order valence-electron chi connectivity index (χ2n) is 18.1. The number of ether oxygens (including phenoxy) is 1. The molecule has 1 N–H and O–H groups in total. The van der Waals surface area contributed by atoms with Gasteiger partial charge in [0.1, 0.15) is 24.5 Å². The Hall–Kier alpha value is -5.21. The lowest BCUT2D eigenvalue weighted by Crippen LogP contribution is -2.68. The second kappa shape index (κ2) is 15.9. The summed E-state index contributed by atoms with van der Waals surface area (Å²) in [6.07, 6.45) is 3.97. The summed E-state index contributed by atoms with van der Waals surface area (Å²) in [5.74, 6) is 0.837. The van der Waals surface area contributed by atoms with Crippen LogP contribution < -0.4 is 26.1 Å². The predicted molar refractivity (Wildman–Crippen MR) is 238 cm³/mol. The van der Waals surface area contributed by atoms with Gasteiger partial charge in [-0.05, 0) is 36.9 Å². The summed E-state index contributed by atoms with van der Waals surface area (Å²) in [7, 11) is -6.02. The minimum atomic E-state index is -3.09. The van der Waals surface area contributed by atoms with Gasteiger partial charge in [0.05, 0.1) is 6.61 Å². The monoisotopic (exact) mass is 809 g/mol. The molecule has 4 aromatic carbocycles. The molecule has 6 aromatic rings. The molecule has 0 unspecified atom stereocenters. The molecule has 2 atom stereocenters. The Morgan fingerprint density at radius 1 is 0.672 bits per heavy atom. The van der Waals surface area contributed by atoms with Crippen molar-refractivity contribution in [3.05, 3.63) is 146 Å². The van der Waals surface area contributed by atoms with Crippen LogP contribution in [-0.2, 0) is 18.4 Å². The number of nitrogens with zero attached hydrogens (tertiary/aromatic N) is 4. The van der Waals surface area contributed by atoms with Crippen molar-refractivity contribution in [2.45, 2.75) is 84.7 Å². The Balaban J connectivity index is 1.37. The van der Waals surface area contributed by atoms with Gasteiger partial charge in [-0.1, -0.05) is 184 Å². The van der Waals surface area contributed by atoms with Gasteiger partial charge >= 0.3 is 0 Å². The summed E-state index contributed by atoms with van der Waals surface area (Å²) in [5.41, 5.74) is 0.347. The molecule has 58 heavy (non-hydrogen) atoms. The number of carbonyl (C=O) groups is 1. The Kier molecular flexibility index (Phi) is 11.2. The minimum absolute atomic E-state index is 0.170. The fourth-order valence-corrected chi connectivity index (χ4v) is 17.3. The van der Waals surface area contributed by atoms with Gasteiger partial charge in [0.25, 0.3) is 16.6 Å². The fourth-order valence-electron chi connectivity index (χ4n) is 8.18. The number of hydrogen-bond donors (Lipinski definition) is 1. The topological polar surface area (TPSA) is 100 Å². The van der Waals surface area contributed by atoms with E-state index in [0.29, 0.717) is 22.7 Å². The Morgan fingerprint density at radius 2 is 1.14 bits per heavy atom. The lowest BCUT2D eigenvalue weighted by atomic mass is 9.96. The third-order valence-corrected chi connectivity index (χ3v) is 21.0. The van der Waals surface area contributed by atoms with Gasteiger partial charge in [0.2, 0.25) is 12.1 Å². The predicted octanol–water partition coefficient (Wildman–Crippen LogP) is 7.75. The standard InChI is InChI=1S/C47H55N5O4Si2/c1-45(2,3)44(53)51-41-40-42(49-32-48-41)52(33-50-40)43-39(56-58(47(7,8)9,37-26-18-12-19-27-37)38-28-20-13-21-29-38)30-34(55-43)31-54-57(46(4,5)6,35-22-14-10-15-23-35)36-24-16-11-17-25-36/h10-30,32-33,39,43H,31H2,1-9H3,(H,48,49,51,53)/t39-,43-/m1/s1. The lowest BCUT2D eigenvalue weighted by Gasteiger charge is -2.45. The molecule has 11 heteroatoms. The van der Waals surface area contributed by atoms with Crippen molar-refractivity contribution >= 4 is 60.3 Å². The van der Waals surface area contributed by atoms with Crippen LogP contribution in [0.15, 0.2) is 146 Å². The molecular weight excluding hydrogens is 755 g/mol. The summed E-state index contributed by atoms with van der Waals surface area (Å²) < 4.78 is 24.2. The molecule has 1 aliphatic rings. The summed E-state index contributed by atoms with van der Waals surface area (Å²) in [6.45, 7) is 19.4. The van der Waals surface area contributed by atoms with E-state index in [2.05, 4.69) is 167 Å². The van der Waals surface area contributed by atoms with Crippen LogP contribution in [0.1, 0.15) is 68.5 Å². The number of imidazole rings is 1. The number of anilines is 1. The molecule has 0 spiro atoms. The molecule has 0 bridgehead atoms. The largest absolute Gasteiger partial charge is 0.469 e. The number of fused-ring (bicyclic) bond motifs is 1. The van der Waals surface area contributed by atoms with Crippen LogP contribution in [0.2, 0.25) is 10.1 Å². The van der Waals surface area contributed by atoms with E-state index in [4.69, 9.17) is 23.6 Å². The summed E-state index contributed by atoms with van der Waals surface area (Å²) in [5, 5.41) is 7.12. The van der Waals surface area contributed by atoms with Gasteiger partial charge in [0, 0.05) is 5.41 Å². The lowest BCUT2D eigenvalue weighted by molar-refractivity contribution is -0.123. The third-order valence-electron chi connectivity index (χ3n) is 11.0. The van der Waals surface area contributed by atoms with Crippen molar-refractivity contribution in [2.24, 2.45) is 5.41 Å². The number of benzene rings is 4. The van der Waals surface area contributed by atoms with E-state index in [1.165, 1.54) is 16.7 Å². The van der Waals surface area contributed by atoms with Crippen molar-refractivity contribution in [1.82, 2.24) is 19.5 Å². The van der Waals surface area contributed by atoms with Gasteiger partial charge in [0.15, 0.2) is 17.0 Å². The zero-order valence-corrected chi connectivity index (χ0v) is 37.1. The van der Waals surface area contributed by atoms with Crippen molar-refractivity contribution in [3.8, 4) is 0 Å². The Morgan fingerprint density at radius 3 is 1.59 bits per heavy atom. The molecule has 9 nitrogen and oxygen atoms in total. The first-order valence-electron chi connectivity index (χ1n) is 20.0. The van der Waals surface area contributed by atoms with Crippen LogP contribution in [-0.4, -0.2) is 54.8 Å². The average Bonchev–Trinajstić information content (AvgIpc) is 3.81. The van der Waals surface area contributed by atoms with Gasteiger partial charge in [-0.15, -0.1) is 0 Å². The fraction of sp³-hybridized carbons (Fsp3) is 0.319. The van der Waals surface area contributed by atoms with E-state index in [1.54, 1.807) is 6.33 Å². The van der Waals surface area contributed by atoms with Gasteiger partial charge in [-0.2, -0.15) is 0 Å². The van der Waals surface area contributed by atoms with E-state index >= 15 is 0 Å². The first-order valence-corrected chi connectivity index (χ1v) is 23.8. The number of aromatic nitrogens is 4. The highest BCUT2D eigenvalue weighted by Gasteiger charge is 2.54. The van der Waals surface area contributed by atoms with Crippen LogP contribution >= 0.6 is 0 Å². The Labute approximate surface area is 344 Å². The summed E-state index contributed by atoms with van der Waals surface area (Å²) in [4.78, 5) is 27.0. The molecule has 3 heterocycles. The zero-order valence-electron chi connectivity index (χ0n) is 35.1. The minimum Gasteiger partial charge on any atom is -0.469 e. The molecule has 0 saturated carbocycles. The van der Waals surface area contributed by atoms with E-state index in [0.717, 1.165) is 10.4 Å². The van der Waals surface area contributed by atoms with E-state index in [-0.39, 0.29) is 22.6 Å². The molecule has 0 aliphatic carbocycles. The number of nitrogens with one attached hydrogen (secondary N) is 1. The van der Waals surface area contributed by atoms with Crippen LogP contribution in [0.4, 0.5) is 5.82 Å². The van der Waals surface area contributed by atoms with Crippen molar-refractivity contribution in [1.29, 1.82) is 0 Å². The number of hydrogen-bond acceptors (Lipinski definition) is 7. The molecular formula is C47H55N5O4Si2. The molecule has 0 fully saturated rings. The van der Waals surface area contributed by atoms with E-state index < -0.39 is 34.4 Å². The van der Waals surface area contributed by atoms with Gasteiger partial charge in [-0.25, -0.2) is 15.0 Å². The number of carbonyl (C=O) groups excluding carboxylic acids is 1. The van der Waals surface area contributed by atoms with Gasteiger partial charge < -0.3 is 18.9 Å². The molecule has 7 rings (SSSR count). The normalized spacial score (nSPS) is 16.5. The smallest absolute Gasteiger partial charge is 0.262 e. The maximum absolute atomic E-state index is 13.1. The summed E-state index contributed by atoms with van der Waals surface area (Å²) >= 11 is 0. The van der Waals surface area contributed by atoms with Crippen molar-refractivity contribution in [2.75, 3.05) is 11.9 Å². The highest BCUT2D eigenvalue weighted by Crippen LogP contribution is 2.43. The second-order valence-corrected chi connectivity index (χ2v) is 26.6. The summed E-state index contributed by atoms with van der Waals surface area (Å²) in [6, 6.07) is 42.5. The van der Waals surface area contributed by atoms with Crippen molar-refractivity contribution < 1.29 is 18.4 Å². The maximum Gasteiger partial charge on any atom is 0.262 e. The number of amides is 1. The quantitative estimate of drug-likeness (QED) is 0.134. The van der Waals surface area contributed by atoms with Crippen molar-refractivity contribution in [3.63, 3.8) is 0 Å². The number of rotatable bonds is 11. The molecule has 2 aromatic heterocycles. The molecule has 1 amide bonds. The zero-order chi connectivity index (χ0) is 41.3. The van der Waals surface area contributed by atoms with Crippen LogP contribution in [0.5, 0.6) is 0 Å². The first kappa shape index (κ1) is 41.0. The molecule has 300 valence electrons. The van der Waals surface area contributed by atoms with Crippen LogP contribution in [0, 0.1) is 5.41 Å². The first-order chi connectivity index (χ1) is 27.6. The third kappa shape index (κ3) is 7.59. The van der Waals surface area contributed by atoms with Crippen LogP contribution in [0.25, 0.3) is 11.2 Å². The van der Waals surface area contributed by atoms with E-state index in [9.17, 15) is 4.79 Å². The Bertz CT molecular complexity index is 2290. The maximum atomic E-state index is 13.1. The van der Waals surface area contributed by atoms with Crippen LogP contribution in [0.3, 0.4) is 0 Å². The molecule has 0 saturated heterocycles. The molecule has 0 radical (unpaired) electrons. The SMILES string of the molecule is CC(C)(C)C(=O)Nc1ncnc2c1ncn2[C@@H]1OC(CO[Si](c2ccccc2)(c2ccccc2)C(C)(C)C)=C[C@H]1O[Si](c1ccccc1)(c1ccccc1)C(C)(C)C.